The second kappa shape index (κ2) is 6.07. The van der Waals surface area contributed by atoms with Gasteiger partial charge in [0.2, 0.25) is 0 Å². The van der Waals surface area contributed by atoms with Crippen molar-refractivity contribution in [2.24, 2.45) is 0 Å². The van der Waals surface area contributed by atoms with Crippen LogP contribution >= 0.6 is 0 Å². The fraction of sp³-hybridized carbons (Fsp3) is 0.538. The van der Waals surface area contributed by atoms with E-state index < -0.39 is 17.6 Å². The van der Waals surface area contributed by atoms with E-state index in [1.54, 1.807) is 0 Å². The Morgan fingerprint density at radius 1 is 1.22 bits per heavy atom. The second-order valence-electron chi connectivity index (χ2n) is 4.23. The van der Waals surface area contributed by atoms with Crippen molar-refractivity contribution < 1.29 is 17.6 Å². The molecular weight excluding hydrogens is 246 g/mol. The molecule has 0 fully saturated rings. The molecule has 1 nitrogen and oxygen atoms in total. The highest BCUT2D eigenvalue weighted by Gasteiger charge is 2.34. The zero-order valence-electron chi connectivity index (χ0n) is 10.4. The van der Waals surface area contributed by atoms with Crippen LogP contribution < -0.4 is 5.32 Å². The van der Waals surface area contributed by atoms with Crippen LogP contribution in [0.1, 0.15) is 38.7 Å². The van der Waals surface area contributed by atoms with Gasteiger partial charge in [0.1, 0.15) is 5.82 Å². The molecule has 1 unspecified atom stereocenters. The van der Waals surface area contributed by atoms with E-state index in [-0.39, 0.29) is 6.04 Å². The molecule has 0 aliphatic heterocycles. The topological polar surface area (TPSA) is 12.0 Å². The summed E-state index contributed by atoms with van der Waals surface area (Å²) in [5.41, 5.74) is -0.914. The maximum absolute atomic E-state index is 13.1. The summed E-state index contributed by atoms with van der Waals surface area (Å²) >= 11 is 0. The van der Waals surface area contributed by atoms with Crippen molar-refractivity contribution in [3.05, 3.63) is 29.6 Å². The SMILES string of the molecule is CCCC(CC)Nc1ccc(F)c(C(F)(F)F)c1. The van der Waals surface area contributed by atoms with Gasteiger partial charge in [0, 0.05) is 11.7 Å². The summed E-state index contributed by atoms with van der Waals surface area (Å²) in [6.45, 7) is 3.97. The maximum atomic E-state index is 13.1. The van der Waals surface area contributed by atoms with Crippen LogP contribution in [0.15, 0.2) is 18.2 Å². The third kappa shape index (κ3) is 3.89. The number of alkyl halides is 3. The summed E-state index contributed by atoms with van der Waals surface area (Å²) in [6, 6.07) is 3.13. The quantitative estimate of drug-likeness (QED) is 0.750. The minimum Gasteiger partial charge on any atom is -0.382 e. The Morgan fingerprint density at radius 2 is 1.89 bits per heavy atom. The predicted octanol–water partition coefficient (Wildman–Crippen LogP) is 4.84. The van der Waals surface area contributed by atoms with E-state index in [1.807, 2.05) is 13.8 Å². The first kappa shape index (κ1) is 14.8. The van der Waals surface area contributed by atoms with Gasteiger partial charge in [-0.15, -0.1) is 0 Å². The normalized spacial score (nSPS) is 13.4. The largest absolute Gasteiger partial charge is 0.419 e. The van der Waals surface area contributed by atoms with Crippen LogP contribution in [0.2, 0.25) is 0 Å². The predicted molar refractivity (Wildman–Crippen MR) is 64.0 cm³/mol. The molecule has 1 aromatic rings. The fourth-order valence-corrected chi connectivity index (χ4v) is 1.79. The second-order valence-corrected chi connectivity index (χ2v) is 4.23. The molecule has 102 valence electrons. The number of rotatable bonds is 5. The summed E-state index contributed by atoms with van der Waals surface area (Å²) < 4.78 is 50.7. The van der Waals surface area contributed by atoms with E-state index >= 15 is 0 Å². The molecule has 0 radical (unpaired) electrons. The molecule has 1 atom stereocenters. The molecule has 0 saturated carbocycles. The van der Waals surface area contributed by atoms with Gasteiger partial charge in [-0.2, -0.15) is 13.2 Å². The zero-order chi connectivity index (χ0) is 13.8. The van der Waals surface area contributed by atoms with Crippen molar-refractivity contribution in [3.63, 3.8) is 0 Å². The number of halogens is 4. The number of anilines is 1. The molecule has 1 rings (SSSR count). The van der Waals surface area contributed by atoms with Gasteiger partial charge in [-0.3, -0.25) is 0 Å². The van der Waals surface area contributed by atoms with Crippen molar-refractivity contribution >= 4 is 5.69 Å². The van der Waals surface area contributed by atoms with E-state index in [4.69, 9.17) is 0 Å². The van der Waals surface area contributed by atoms with Gasteiger partial charge >= 0.3 is 6.18 Å². The van der Waals surface area contributed by atoms with Gasteiger partial charge in [0.15, 0.2) is 0 Å². The Kier molecular flexibility index (Phi) is 4.99. The molecule has 0 aliphatic rings. The Morgan fingerprint density at radius 3 is 2.39 bits per heavy atom. The van der Waals surface area contributed by atoms with Gasteiger partial charge in [-0.25, -0.2) is 4.39 Å². The first-order chi connectivity index (χ1) is 8.38. The van der Waals surface area contributed by atoms with Gasteiger partial charge in [-0.05, 0) is 31.0 Å². The van der Waals surface area contributed by atoms with Crippen molar-refractivity contribution in [2.45, 2.75) is 45.3 Å². The Bertz CT molecular complexity index is 387. The lowest BCUT2D eigenvalue weighted by Crippen LogP contribution is -2.18. The van der Waals surface area contributed by atoms with E-state index in [0.29, 0.717) is 5.69 Å². The van der Waals surface area contributed by atoms with Crippen LogP contribution in [0.5, 0.6) is 0 Å². The highest BCUT2D eigenvalue weighted by Crippen LogP contribution is 2.33. The highest BCUT2D eigenvalue weighted by molar-refractivity contribution is 5.47. The standard InChI is InChI=1S/C13H17F4N/c1-3-5-9(4-2)18-10-6-7-12(14)11(8-10)13(15,16)17/h6-9,18H,3-5H2,1-2H3. The monoisotopic (exact) mass is 263 g/mol. The van der Waals surface area contributed by atoms with Gasteiger partial charge in [0.05, 0.1) is 5.56 Å². The summed E-state index contributed by atoms with van der Waals surface area (Å²) in [4.78, 5) is 0. The van der Waals surface area contributed by atoms with Crippen LogP contribution in [0.3, 0.4) is 0 Å². The van der Waals surface area contributed by atoms with Crippen molar-refractivity contribution in [1.82, 2.24) is 0 Å². The third-order valence-corrected chi connectivity index (χ3v) is 2.77. The molecule has 0 saturated heterocycles. The van der Waals surface area contributed by atoms with Crippen LogP contribution in [0, 0.1) is 5.82 Å². The fourth-order valence-electron chi connectivity index (χ4n) is 1.79. The molecular formula is C13H17F4N. The molecule has 1 aromatic carbocycles. The first-order valence-corrected chi connectivity index (χ1v) is 6.01. The summed E-state index contributed by atoms with van der Waals surface area (Å²) in [6.07, 6.45) is -2.03. The van der Waals surface area contributed by atoms with E-state index in [0.717, 1.165) is 31.4 Å². The Labute approximate surface area is 104 Å². The Hall–Kier alpha value is -1.26. The van der Waals surface area contributed by atoms with Crippen molar-refractivity contribution in [1.29, 1.82) is 0 Å². The van der Waals surface area contributed by atoms with E-state index in [2.05, 4.69) is 5.32 Å². The summed E-state index contributed by atoms with van der Waals surface area (Å²) in [7, 11) is 0. The number of hydrogen-bond acceptors (Lipinski definition) is 1. The lowest BCUT2D eigenvalue weighted by molar-refractivity contribution is -0.139. The van der Waals surface area contributed by atoms with Crippen LogP contribution in [0.4, 0.5) is 23.2 Å². The highest BCUT2D eigenvalue weighted by atomic mass is 19.4. The van der Waals surface area contributed by atoms with Crippen molar-refractivity contribution in [3.8, 4) is 0 Å². The maximum Gasteiger partial charge on any atom is 0.419 e. The number of benzene rings is 1. The molecule has 0 aromatic heterocycles. The van der Waals surface area contributed by atoms with Gasteiger partial charge in [0.25, 0.3) is 0 Å². The molecule has 0 heterocycles. The lowest BCUT2D eigenvalue weighted by Gasteiger charge is -2.18. The average molecular weight is 263 g/mol. The minimum absolute atomic E-state index is 0.113. The molecule has 5 heteroatoms. The summed E-state index contributed by atoms with van der Waals surface area (Å²) in [5, 5.41) is 3.00. The molecule has 0 bridgehead atoms. The van der Waals surface area contributed by atoms with E-state index in [1.165, 1.54) is 6.07 Å². The molecule has 0 amide bonds. The molecule has 0 spiro atoms. The van der Waals surface area contributed by atoms with Crippen LogP contribution in [0.25, 0.3) is 0 Å². The lowest BCUT2D eigenvalue weighted by atomic mass is 10.1. The number of hydrogen-bond donors (Lipinski definition) is 1. The smallest absolute Gasteiger partial charge is 0.382 e. The minimum atomic E-state index is -4.66. The molecule has 1 N–H and O–H groups in total. The third-order valence-electron chi connectivity index (χ3n) is 2.77. The first-order valence-electron chi connectivity index (χ1n) is 6.01. The van der Waals surface area contributed by atoms with E-state index in [9.17, 15) is 17.6 Å². The van der Waals surface area contributed by atoms with Crippen molar-refractivity contribution in [2.75, 3.05) is 5.32 Å². The Balaban J connectivity index is 2.91. The van der Waals surface area contributed by atoms with Crippen LogP contribution in [-0.2, 0) is 6.18 Å². The van der Waals surface area contributed by atoms with Gasteiger partial charge < -0.3 is 5.32 Å². The summed E-state index contributed by atoms with van der Waals surface area (Å²) in [5.74, 6) is -1.24. The van der Waals surface area contributed by atoms with Gasteiger partial charge in [-0.1, -0.05) is 20.3 Å². The van der Waals surface area contributed by atoms with Crippen LogP contribution in [-0.4, -0.2) is 6.04 Å². The average Bonchev–Trinajstić information content (AvgIpc) is 2.29. The molecule has 18 heavy (non-hydrogen) atoms. The zero-order valence-corrected chi connectivity index (χ0v) is 10.4. The molecule has 0 aliphatic carbocycles. The number of nitrogens with one attached hydrogen (secondary N) is 1.